The van der Waals surface area contributed by atoms with Crippen molar-refractivity contribution in [2.24, 2.45) is 28.8 Å². The number of allylic oxidation sites excluding steroid dienone is 3. The monoisotopic (exact) mass is 822 g/mol. The summed E-state index contributed by atoms with van der Waals surface area (Å²) in [4.78, 5) is 45.7. The summed E-state index contributed by atoms with van der Waals surface area (Å²) in [5.41, 5.74) is -0.610. The van der Waals surface area contributed by atoms with Crippen LogP contribution in [0.25, 0.3) is 10.8 Å². The normalized spacial score (nSPS) is 30.0. The SMILES string of the molecule is C=CCCCCON=Cc1c2c(O)c3c(O)c(C)c4c(c3c1O)C(=O)[C@@](C)(O/C=C/[C@H](OC)[C@H](C)[C@@H](OC(C)=O)[C@@H](C)[C@H](O)[C@H](C)[C@@H](O)[C@@H](C)/C=C/C=C(/C)C(=O)N2)O4. The number of aromatic hydroxyl groups is 3. The molecule has 0 radical (unpaired) electrons. The van der Waals surface area contributed by atoms with E-state index in [4.69, 9.17) is 23.8 Å². The van der Waals surface area contributed by atoms with Crippen LogP contribution in [0.4, 0.5) is 5.69 Å². The number of fused-ring (bicyclic) bond motifs is 14. The molecular weight excluding hydrogens is 764 g/mol. The first-order valence-electron chi connectivity index (χ1n) is 19.7. The van der Waals surface area contributed by atoms with Crippen LogP contribution in [0, 0.1) is 30.6 Å². The Morgan fingerprint density at radius 3 is 2.32 bits per heavy atom. The minimum Gasteiger partial charge on any atom is -0.507 e. The number of rotatable bonds is 9. The van der Waals surface area contributed by atoms with Gasteiger partial charge in [-0.15, -0.1) is 6.58 Å². The number of carbonyl (C=O) groups excluding carboxylic acids is 3. The molecule has 0 saturated heterocycles. The van der Waals surface area contributed by atoms with E-state index in [1.807, 2.05) is 0 Å². The summed E-state index contributed by atoms with van der Waals surface area (Å²) in [5, 5.41) is 64.0. The number of esters is 1. The van der Waals surface area contributed by atoms with Crippen LogP contribution in [0.15, 0.2) is 53.9 Å². The lowest BCUT2D eigenvalue weighted by Gasteiger charge is -2.38. The number of amides is 1. The number of nitrogens with zero attached hydrogens (tertiary/aromatic N) is 1. The zero-order chi connectivity index (χ0) is 43.9. The molecule has 6 N–H and O–H groups in total. The van der Waals surface area contributed by atoms with Crippen molar-refractivity contribution in [2.45, 2.75) is 105 Å². The van der Waals surface area contributed by atoms with Crippen molar-refractivity contribution in [3.63, 3.8) is 0 Å². The van der Waals surface area contributed by atoms with Crippen molar-refractivity contribution in [3.05, 3.63) is 65.5 Å². The van der Waals surface area contributed by atoms with Gasteiger partial charge >= 0.3 is 11.8 Å². The molecular formula is C44H58N2O13. The van der Waals surface area contributed by atoms with Crippen molar-refractivity contribution in [1.29, 1.82) is 0 Å². The number of phenols is 3. The Morgan fingerprint density at radius 2 is 1.68 bits per heavy atom. The number of aliphatic hydroxyl groups is 2. The summed E-state index contributed by atoms with van der Waals surface area (Å²) in [5.74, 6) is -8.64. The van der Waals surface area contributed by atoms with Crippen LogP contribution in [0.2, 0.25) is 0 Å². The highest BCUT2D eigenvalue weighted by molar-refractivity contribution is 6.23. The summed E-state index contributed by atoms with van der Waals surface area (Å²) >= 11 is 0. The molecule has 0 saturated carbocycles. The minimum absolute atomic E-state index is 0.0332. The summed E-state index contributed by atoms with van der Waals surface area (Å²) in [7, 11) is 1.43. The van der Waals surface area contributed by atoms with E-state index in [1.54, 1.807) is 45.9 Å². The molecule has 3 aliphatic rings. The first-order chi connectivity index (χ1) is 27.8. The summed E-state index contributed by atoms with van der Waals surface area (Å²) in [6.07, 6.45) is 8.51. The van der Waals surface area contributed by atoms with Crippen LogP contribution in [-0.4, -0.2) is 93.3 Å². The van der Waals surface area contributed by atoms with Crippen LogP contribution >= 0.6 is 0 Å². The number of hydrogen-bond donors (Lipinski definition) is 6. The molecule has 9 atom stereocenters. The number of hydrogen-bond acceptors (Lipinski definition) is 14. The number of ether oxygens (including phenoxy) is 4. The van der Waals surface area contributed by atoms with Crippen LogP contribution in [0.1, 0.15) is 89.2 Å². The second-order valence-electron chi connectivity index (χ2n) is 15.5. The van der Waals surface area contributed by atoms with Crippen molar-refractivity contribution in [1.82, 2.24) is 0 Å². The van der Waals surface area contributed by atoms with Crippen molar-refractivity contribution < 1.29 is 63.7 Å². The number of aliphatic hydroxyl groups excluding tert-OH is 2. The molecule has 59 heavy (non-hydrogen) atoms. The first kappa shape index (κ1) is 46.3. The van der Waals surface area contributed by atoms with E-state index in [0.29, 0.717) is 6.42 Å². The number of unbranched alkanes of at least 4 members (excludes halogenated alkanes) is 2. The zero-order valence-corrected chi connectivity index (χ0v) is 35.1. The number of nitrogens with one attached hydrogen (secondary N) is 1. The van der Waals surface area contributed by atoms with Crippen LogP contribution < -0.4 is 10.1 Å². The van der Waals surface area contributed by atoms with E-state index in [9.17, 15) is 39.9 Å². The number of Topliss-reactive ketones (excluding diaryl/α,β-unsaturated/α-hetero) is 1. The first-order valence-corrected chi connectivity index (χ1v) is 19.7. The lowest BCUT2D eigenvalue weighted by atomic mass is 9.78. The fourth-order valence-corrected chi connectivity index (χ4v) is 7.47. The summed E-state index contributed by atoms with van der Waals surface area (Å²) in [6.45, 7) is 16.3. The molecule has 2 aromatic rings. The van der Waals surface area contributed by atoms with Gasteiger partial charge in [0.15, 0.2) is 5.75 Å². The molecule has 0 aliphatic carbocycles. The maximum atomic E-state index is 14.4. The highest BCUT2D eigenvalue weighted by Crippen LogP contribution is 2.55. The van der Waals surface area contributed by atoms with Crippen LogP contribution in [-0.2, 0) is 28.6 Å². The van der Waals surface area contributed by atoms with Gasteiger partial charge < -0.3 is 54.6 Å². The van der Waals surface area contributed by atoms with Gasteiger partial charge in [0.1, 0.15) is 30.0 Å². The number of benzene rings is 2. The van der Waals surface area contributed by atoms with Crippen LogP contribution in [0.5, 0.6) is 23.0 Å². The number of carbonyl (C=O) groups is 3. The standard InChI is InChI=1S/C44H58N2O13/c1-11-12-13-14-19-57-45-21-29-34-39(52)32-31(38(29)51)33-41(27(7)37(32)50)59-44(9,42(33)53)56-20-18-30(55-10)24(4)40(58-28(8)47)26(6)36(49)25(5)35(48)22(2)16-15-17-23(3)43(54)46-34/h11,15-18,20-22,24-26,30,35-36,40,48-52H,1,12-14,19H2,2-10H3,(H,46,54)/b16-15+,20-18+,23-17-,45-21?/t22-,24-,25+,26-,30-,35-,36+,40+,44-/m0/s1. The Bertz CT molecular complexity index is 2040. The molecule has 0 aromatic heterocycles. The number of methoxy groups -OCH3 is 1. The fourth-order valence-electron chi connectivity index (χ4n) is 7.47. The van der Waals surface area contributed by atoms with Gasteiger partial charge in [-0.1, -0.05) is 57.2 Å². The predicted molar refractivity (Wildman–Crippen MR) is 221 cm³/mol. The van der Waals surface area contributed by atoms with Crippen molar-refractivity contribution in [3.8, 4) is 23.0 Å². The number of phenolic OH excluding ortho intramolecular Hbond substituents is 3. The van der Waals surface area contributed by atoms with Gasteiger partial charge in [-0.05, 0) is 39.2 Å². The highest BCUT2D eigenvalue weighted by atomic mass is 16.7. The third-order valence-corrected chi connectivity index (χ3v) is 11.2. The topological polar surface area (TPSA) is 223 Å². The second-order valence-corrected chi connectivity index (χ2v) is 15.5. The minimum atomic E-state index is -2.06. The van der Waals surface area contributed by atoms with Gasteiger partial charge in [-0.25, -0.2) is 0 Å². The molecule has 3 heterocycles. The largest absolute Gasteiger partial charge is 0.507 e. The third kappa shape index (κ3) is 9.75. The number of anilines is 1. The third-order valence-electron chi connectivity index (χ3n) is 11.2. The lowest BCUT2D eigenvalue weighted by molar-refractivity contribution is -0.160. The predicted octanol–water partition coefficient (Wildman–Crippen LogP) is 6.46. The molecule has 0 spiro atoms. The van der Waals surface area contributed by atoms with E-state index in [-0.39, 0.29) is 51.1 Å². The van der Waals surface area contributed by atoms with Gasteiger partial charge in [0.25, 0.3) is 11.7 Å². The van der Waals surface area contributed by atoms with E-state index >= 15 is 0 Å². The summed E-state index contributed by atoms with van der Waals surface area (Å²) in [6, 6.07) is 0. The molecule has 322 valence electrons. The maximum Gasteiger partial charge on any atom is 0.312 e. The van der Waals surface area contributed by atoms with Gasteiger partial charge in [-0.2, -0.15) is 0 Å². The molecule has 15 heteroatoms. The number of oxime groups is 1. The maximum absolute atomic E-state index is 14.4. The quantitative estimate of drug-likeness (QED) is 0.0304. The molecule has 3 aliphatic heterocycles. The molecule has 2 aromatic carbocycles. The highest BCUT2D eigenvalue weighted by Gasteiger charge is 2.50. The van der Waals surface area contributed by atoms with E-state index in [2.05, 4.69) is 17.1 Å². The summed E-state index contributed by atoms with van der Waals surface area (Å²) < 4.78 is 23.5. The van der Waals surface area contributed by atoms with E-state index in [1.165, 1.54) is 53.2 Å². The van der Waals surface area contributed by atoms with E-state index < -0.39 is 88.8 Å². The smallest absolute Gasteiger partial charge is 0.312 e. The fraction of sp³-hybridized carbons (Fsp3) is 0.500. The Labute approximate surface area is 344 Å². The van der Waals surface area contributed by atoms with Gasteiger partial charge in [0, 0.05) is 61.2 Å². The molecule has 5 rings (SSSR count). The Kier molecular flexibility index (Phi) is 15.4. The van der Waals surface area contributed by atoms with Gasteiger partial charge in [-0.3, -0.25) is 14.4 Å². The Morgan fingerprint density at radius 1 is 0.983 bits per heavy atom. The molecule has 1 amide bonds. The van der Waals surface area contributed by atoms with Crippen LogP contribution in [0.3, 0.4) is 0 Å². The average Bonchev–Trinajstić information content (AvgIpc) is 3.46. The zero-order valence-electron chi connectivity index (χ0n) is 35.1. The van der Waals surface area contributed by atoms with Crippen molar-refractivity contribution in [2.75, 3.05) is 19.0 Å². The van der Waals surface area contributed by atoms with Gasteiger partial charge in [0.05, 0.1) is 53.0 Å². The Balaban J connectivity index is 1.94. The molecule has 0 unspecified atom stereocenters. The number of ketones is 1. The van der Waals surface area contributed by atoms with E-state index in [0.717, 1.165) is 19.1 Å². The average molecular weight is 823 g/mol. The second kappa shape index (κ2) is 19.6. The Hall–Kier alpha value is -5.38. The lowest BCUT2D eigenvalue weighted by Crippen LogP contribution is -2.46. The van der Waals surface area contributed by atoms with Crippen molar-refractivity contribution >= 4 is 40.3 Å². The molecule has 0 fully saturated rings. The molecule has 5 bridgehead atoms. The molecule has 15 nitrogen and oxygen atoms in total. The van der Waals surface area contributed by atoms with Gasteiger partial charge in [0.2, 0.25) is 0 Å².